The summed E-state index contributed by atoms with van der Waals surface area (Å²) in [4.78, 5) is 12.2. The topological polar surface area (TPSA) is 55.4 Å². The molecule has 1 aliphatic heterocycles. The predicted molar refractivity (Wildman–Crippen MR) is 76.3 cm³/mol. The molecule has 2 rings (SSSR count). The molecule has 0 spiro atoms. The van der Waals surface area contributed by atoms with E-state index in [1.54, 1.807) is 20.3 Å². The van der Waals surface area contributed by atoms with E-state index in [-0.39, 0.29) is 11.7 Å². The molecule has 0 aliphatic carbocycles. The first-order chi connectivity index (χ1) is 9.02. The van der Waals surface area contributed by atoms with Gasteiger partial charge in [0.2, 0.25) is 0 Å². The van der Waals surface area contributed by atoms with Gasteiger partial charge < -0.3 is 10.1 Å². The van der Waals surface area contributed by atoms with Crippen LogP contribution in [0.5, 0.6) is 5.75 Å². The number of anilines is 1. The monoisotopic (exact) mass is 281 g/mol. The number of aryl methyl sites for hydroxylation is 1. The van der Waals surface area contributed by atoms with Crippen molar-refractivity contribution in [2.75, 3.05) is 25.2 Å². The van der Waals surface area contributed by atoms with Crippen LogP contribution in [-0.2, 0) is 22.0 Å². The van der Waals surface area contributed by atoms with Gasteiger partial charge in [0.1, 0.15) is 11.5 Å². The summed E-state index contributed by atoms with van der Waals surface area (Å²) in [6, 6.07) is 3.81. The van der Waals surface area contributed by atoms with Crippen LogP contribution in [0.1, 0.15) is 18.9 Å². The molecule has 0 radical (unpaired) electrons. The van der Waals surface area contributed by atoms with E-state index in [2.05, 4.69) is 5.32 Å². The van der Waals surface area contributed by atoms with Gasteiger partial charge in [-0.25, -0.2) is 0 Å². The Morgan fingerprint density at radius 3 is 2.79 bits per heavy atom. The number of nitrogens with one attached hydrogen (secondary N) is 1. The lowest BCUT2D eigenvalue weighted by Crippen LogP contribution is -2.19. The number of ketones is 1. The van der Waals surface area contributed by atoms with Gasteiger partial charge in [0, 0.05) is 24.4 Å². The van der Waals surface area contributed by atoms with Gasteiger partial charge in [0.05, 0.1) is 22.8 Å². The molecule has 0 fully saturated rings. The van der Waals surface area contributed by atoms with Gasteiger partial charge in [-0.2, -0.15) is 0 Å². The Kier molecular flexibility index (Phi) is 4.24. The molecule has 5 heteroatoms. The summed E-state index contributed by atoms with van der Waals surface area (Å²) in [6.45, 7) is 2.28. The van der Waals surface area contributed by atoms with Crippen molar-refractivity contribution < 1.29 is 13.7 Å². The molecule has 1 N–H and O–H groups in total. The molecule has 2 unspecified atom stereocenters. The second-order valence-corrected chi connectivity index (χ2v) is 6.19. The molecule has 19 heavy (non-hydrogen) atoms. The number of hydrogen-bond acceptors (Lipinski definition) is 4. The van der Waals surface area contributed by atoms with Crippen LogP contribution in [0.3, 0.4) is 0 Å². The van der Waals surface area contributed by atoms with Crippen molar-refractivity contribution in [1.29, 1.82) is 0 Å². The van der Waals surface area contributed by atoms with Crippen molar-refractivity contribution >= 4 is 22.3 Å². The van der Waals surface area contributed by atoms with E-state index in [1.165, 1.54) is 0 Å². The van der Waals surface area contributed by atoms with Crippen LogP contribution >= 0.6 is 0 Å². The van der Waals surface area contributed by atoms with Crippen molar-refractivity contribution in [3.05, 3.63) is 17.7 Å². The molecule has 1 heterocycles. The highest BCUT2D eigenvalue weighted by Gasteiger charge is 2.21. The molecule has 0 amide bonds. The molecule has 0 bridgehead atoms. The fourth-order valence-electron chi connectivity index (χ4n) is 2.37. The van der Waals surface area contributed by atoms with Gasteiger partial charge in [-0.1, -0.05) is 0 Å². The molecule has 1 aliphatic rings. The molecule has 104 valence electrons. The molecule has 0 aromatic heterocycles. The summed E-state index contributed by atoms with van der Waals surface area (Å²) in [6.07, 6.45) is 3.31. The number of rotatable bonds is 3. The Morgan fingerprint density at radius 2 is 2.21 bits per heavy atom. The normalized spacial score (nSPS) is 19.8. The number of carbonyl (C=O) groups is 1. The quantitative estimate of drug-likeness (QED) is 0.920. The van der Waals surface area contributed by atoms with Gasteiger partial charge in [-0.05, 0) is 37.5 Å². The molecular formula is C14H19NO3S. The van der Waals surface area contributed by atoms with Gasteiger partial charge in [0.25, 0.3) is 0 Å². The van der Waals surface area contributed by atoms with E-state index >= 15 is 0 Å². The molecule has 4 nitrogen and oxygen atoms in total. The van der Waals surface area contributed by atoms with E-state index in [9.17, 15) is 9.00 Å². The second-order valence-electron chi connectivity index (χ2n) is 4.84. The zero-order valence-corrected chi connectivity index (χ0v) is 12.3. The van der Waals surface area contributed by atoms with E-state index < -0.39 is 10.8 Å². The lowest BCUT2D eigenvalue weighted by Gasteiger charge is -2.13. The van der Waals surface area contributed by atoms with Crippen molar-refractivity contribution in [2.45, 2.75) is 24.7 Å². The number of hydrogen-bond donors (Lipinski definition) is 1. The fourth-order valence-corrected chi connectivity index (χ4v) is 3.08. The smallest absolute Gasteiger partial charge is 0.135 e. The minimum absolute atomic E-state index is 0.0500. The maximum atomic E-state index is 11.7. The van der Waals surface area contributed by atoms with Gasteiger partial charge in [0.15, 0.2) is 0 Å². The highest BCUT2D eigenvalue weighted by atomic mass is 32.2. The second kappa shape index (κ2) is 5.74. The molecule has 0 saturated carbocycles. The van der Waals surface area contributed by atoms with Crippen LogP contribution in [0.25, 0.3) is 0 Å². The van der Waals surface area contributed by atoms with Crippen molar-refractivity contribution in [2.24, 2.45) is 5.92 Å². The summed E-state index contributed by atoms with van der Waals surface area (Å²) >= 11 is 0. The maximum absolute atomic E-state index is 11.7. The Morgan fingerprint density at radius 1 is 1.47 bits per heavy atom. The number of ether oxygens (including phenoxy) is 1. The van der Waals surface area contributed by atoms with Crippen LogP contribution in [-0.4, -0.2) is 29.9 Å². The third kappa shape index (κ3) is 2.97. The number of Topliss-reactive ketones (excluding diaryl/α,β-unsaturated/α-hetero) is 1. The largest absolute Gasteiger partial charge is 0.495 e. The van der Waals surface area contributed by atoms with E-state index in [0.29, 0.717) is 17.2 Å². The molecule has 0 saturated heterocycles. The average molecular weight is 281 g/mol. The summed E-state index contributed by atoms with van der Waals surface area (Å²) in [5.74, 6) is 0.920. The lowest BCUT2D eigenvalue weighted by molar-refractivity contribution is -0.120. The minimum atomic E-state index is -1.09. The Balaban J connectivity index is 2.37. The first-order valence-corrected chi connectivity index (χ1v) is 7.87. The third-order valence-corrected chi connectivity index (χ3v) is 4.51. The lowest BCUT2D eigenvalue weighted by atomic mass is 9.98. The third-order valence-electron chi connectivity index (χ3n) is 3.58. The zero-order chi connectivity index (χ0) is 14.0. The Bertz CT molecular complexity index is 528. The Hall–Kier alpha value is -1.36. The van der Waals surface area contributed by atoms with Crippen LogP contribution in [0, 0.1) is 5.92 Å². The average Bonchev–Trinajstić information content (AvgIpc) is 2.58. The first-order valence-electron chi connectivity index (χ1n) is 6.31. The van der Waals surface area contributed by atoms with Crippen LogP contribution in [0.2, 0.25) is 0 Å². The molecule has 2 atom stereocenters. The fraction of sp³-hybridized carbons (Fsp3) is 0.500. The highest BCUT2D eigenvalue weighted by molar-refractivity contribution is 7.84. The van der Waals surface area contributed by atoms with Crippen LogP contribution in [0.15, 0.2) is 17.0 Å². The van der Waals surface area contributed by atoms with Gasteiger partial charge in [-0.15, -0.1) is 0 Å². The number of methoxy groups -OCH3 is 1. The SMILES string of the molecule is COc1cc2c(cc1S(C)=O)NCC(C(C)=O)CC2. The van der Waals surface area contributed by atoms with Crippen molar-refractivity contribution in [3.63, 3.8) is 0 Å². The van der Waals surface area contributed by atoms with Crippen molar-refractivity contribution in [1.82, 2.24) is 0 Å². The Labute approximate surface area is 116 Å². The molecular weight excluding hydrogens is 262 g/mol. The van der Waals surface area contributed by atoms with Crippen LogP contribution < -0.4 is 10.1 Å². The summed E-state index contributed by atoms with van der Waals surface area (Å²) in [7, 11) is 0.490. The number of benzene rings is 1. The summed E-state index contributed by atoms with van der Waals surface area (Å²) in [5.41, 5.74) is 2.09. The maximum Gasteiger partial charge on any atom is 0.135 e. The van der Waals surface area contributed by atoms with Gasteiger partial charge in [-0.3, -0.25) is 9.00 Å². The summed E-state index contributed by atoms with van der Waals surface area (Å²) in [5, 5.41) is 3.29. The summed E-state index contributed by atoms with van der Waals surface area (Å²) < 4.78 is 17.0. The standard InChI is InChI=1S/C14H19NO3S/c1-9(16)11-5-4-10-6-13(18-2)14(19(3)17)7-12(10)15-8-11/h6-7,11,15H,4-5,8H2,1-3H3. The minimum Gasteiger partial charge on any atom is -0.495 e. The van der Waals surface area contributed by atoms with Crippen LogP contribution in [0.4, 0.5) is 5.69 Å². The molecule has 1 aromatic carbocycles. The number of fused-ring (bicyclic) bond motifs is 1. The van der Waals surface area contributed by atoms with E-state index in [0.717, 1.165) is 24.1 Å². The van der Waals surface area contributed by atoms with Gasteiger partial charge >= 0.3 is 0 Å². The highest BCUT2D eigenvalue weighted by Crippen LogP contribution is 2.32. The zero-order valence-electron chi connectivity index (χ0n) is 11.5. The number of carbonyl (C=O) groups excluding carboxylic acids is 1. The molecule has 1 aromatic rings. The van der Waals surface area contributed by atoms with E-state index in [4.69, 9.17) is 4.74 Å². The first kappa shape index (κ1) is 14.1. The van der Waals surface area contributed by atoms with Crippen molar-refractivity contribution in [3.8, 4) is 5.75 Å². The predicted octanol–water partition coefficient (Wildman–Crippen LogP) is 2.00. The van der Waals surface area contributed by atoms with E-state index in [1.807, 2.05) is 12.1 Å².